The fourth-order valence-electron chi connectivity index (χ4n) is 3.51. The lowest BCUT2D eigenvalue weighted by Crippen LogP contribution is -2.47. The highest BCUT2D eigenvalue weighted by Gasteiger charge is 2.32. The summed E-state index contributed by atoms with van der Waals surface area (Å²) in [5.41, 5.74) is 1.44. The Balaban J connectivity index is 1.73. The molecule has 1 aliphatic heterocycles. The lowest BCUT2D eigenvalue weighted by Gasteiger charge is -2.36. The number of rotatable bonds is 4. The Labute approximate surface area is 151 Å². The first-order valence-electron chi connectivity index (χ1n) is 8.85. The van der Waals surface area contributed by atoms with Crippen molar-refractivity contribution in [3.63, 3.8) is 0 Å². The SMILES string of the molecule is Cc1cccc2c(=O)n(CCC(=O)N3CC(C(=O)O)CCC3C)cnc12. The van der Waals surface area contributed by atoms with Crippen LogP contribution < -0.4 is 5.56 Å². The van der Waals surface area contributed by atoms with Gasteiger partial charge in [0.05, 0.1) is 23.1 Å². The maximum atomic E-state index is 12.6. The maximum absolute atomic E-state index is 12.6. The number of aromatic nitrogens is 2. The van der Waals surface area contributed by atoms with Gasteiger partial charge in [-0.1, -0.05) is 12.1 Å². The van der Waals surface area contributed by atoms with Crippen LogP contribution >= 0.6 is 0 Å². The van der Waals surface area contributed by atoms with Gasteiger partial charge in [0.1, 0.15) is 0 Å². The minimum Gasteiger partial charge on any atom is -0.481 e. The van der Waals surface area contributed by atoms with Crippen molar-refractivity contribution in [2.75, 3.05) is 6.54 Å². The van der Waals surface area contributed by atoms with E-state index < -0.39 is 11.9 Å². The molecule has 7 heteroatoms. The Morgan fingerprint density at radius 1 is 1.31 bits per heavy atom. The van der Waals surface area contributed by atoms with Crippen molar-refractivity contribution in [1.29, 1.82) is 0 Å². The van der Waals surface area contributed by atoms with Crippen LogP contribution in [0.1, 0.15) is 31.7 Å². The second kappa shape index (κ2) is 7.27. The molecule has 1 amide bonds. The molecule has 0 saturated carbocycles. The molecule has 2 heterocycles. The number of carboxylic acids is 1. The van der Waals surface area contributed by atoms with Gasteiger partial charge in [0.25, 0.3) is 5.56 Å². The van der Waals surface area contributed by atoms with Crippen LogP contribution in [0.3, 0.4) is 0 Å². The third-order valence-corrected chi connectivity index (χ3v) is 5.17. The van der Waals surface area contributed by atoms with Crippen molar-refractivity contribution in [3.8, 4) is 0 Å². The highest BCUT2D eigenvalue weighted by atomic mass is 16.4. The number of carbonyl (C=O) groups is 2. The predicted molar refractivity (Wildman–Crippen MR) is 96.9 cm³/mol. The molecule has 2 aromatic rings. The molecule has 0 spiro atoms. The number of aliphatic carboxylic acids is 1. The van der Waals surface area contributed by atoms with E-state index in [1.807, 2.05) is 26.0 Å². The Kier molecular flexibility index (Phi) is 5.06. The van der Waals surface area contributed by atoms with Crippen LogP contribution in [0.15, 0.2) is 29.3 Å². The number of carbonyl (C=O) groups excluding carboxylic acids is 1. The number of aryl methyl sites for hydroxylation is 2. The van der Waals surface area contributed by atoms with E-state index in [2.05, 4.69) is 4.98 Å². The van der Waals surface area contributed by atoms with Crippen LogP contribution in [-0.4, -0.2) is 44.0 Å². The average Bonchev–Trinajstić information content (AvgIpc) is 2.61. The maximum Gasteiger partial charge on any atom is 0.308 e. The largest absolute Gasteiger partial charge is 0.481 e. The van der Waals surface area contributed by atoms with Crippen LogP contribution in [0.2, 0.25) is 0 Å². The summed E-state index contributed by atoms with van der Waals surface area (Å²) in [4.78, 5) is 42.4. The molecule has 138 valence electrons. The molecule has 26 heavy (non-hydrogen) atoms. The number of carboxylic acid groups (broad SMARTS) is 1. The Morgan fingerprint density at radius 2 is 2.08 bits per heavy atom. The Hall–Kier alpha value is -2.70. The van der Waals surface area contributed by atoms with Crippen LogP contribution in [0.4, 0.5) is 0 Å². The van der Waals surface area contributed by atoms with Gasteiger partial charge in [-0.15, -0.1) is 0 Å². The van der Waals surface area contributed by atoms with Gasteiger partial charge in [-0.05, 0) is 38.3 Å². The van der Waals surface area contributed by atoms with E-state index in [1.165, 1.54) is 10.9 Å². The quantitative estimate of drug-likeness (QED) is 0.901. The van der Waals surface area contributed by atoms with Gasteiger partial charge in [-0.25, -0.2) is 4.98 Å². The summed E-state index contributed by atoms with van der Waals surface area (Å²) in [6.45, 7) is 4.30. The minimum atomic E-state index is -0.861. The van der Waals surface area contributed by atoms with E-state index in [0.717, 1.165) is 5.56 Å². The minimum absolute atomic E-state index is 0.0206. The summed E-state index contributed by atoms with van der Waals surface area (Å²) in [6, 6.07) is 5.48. The van der Waals surface area contributed by atoms with E-state index in [4.69, 9.17) is 0 Å². The molecule has 1 N–H and O–H groups in total. The first-order chi connectivity index (χ1) is 12.4. The predicted octanol–water partition coefficient (Wildman–Crippen LogP) is 1.81. The zero-order chi connectivity index (χ0) is 18.8. The molecule has 1 aromatic heterocycles. The number of likely N-dealkylation sites (tertiary alicyclic amines) is 1. The normalized spacial score (nSPS) is 20.3. The molecule has 2 atom stereocenters. The summed E-state index contributed by atoms with van der Waals surface area (Å²) in [5.74, 6) is -1.50. The van der Waals surface area contributed by atoms with Gasteiger partial charge in [-0.2, -0.15) is 0 Å². The number of amides is 1. The van der Waals surface area contributed by atoms with Gasteiger partial charge >= 0.3 is 5.97 Å². The Morgan fingerprint density at radius 3 is 2.81 bits per heavy atom. The van der Waals surface area contributed by atoms with Gasteiger partial charge in [0.15, 0.2) is 0 Å². The number of hydrogen-bond acceptors (Lipinski definition) is 4. The Bertz CT molecular complexity index is 905. The fourth-order valence-corrected chi connectivity index (χ4v) is 3.51. The van der Waals surface area contributed by atoms with E-state index in [9.17, 15) is 19.5 Å². The third-order valence-electron chi connectivity index (χ3n) is 5.17. The van der Waals surface area contributed by atoms with E-state index in [-0.39, 0.29) is 37.0 Å². The molecule has 1 aliphatic rings. The number of nitrogens with zero attached hydrogens (tertiary/aromatic N) is 3. The lowest BCUT2D eigenvalue weighted by molar-refractivity contribution is -0.147. The molecule has 2 unspecified atom stereocenters. The number of benzene rings is 1. The highest BCUT2D eigenvalue weighted by molar-refractivity contribution is 5.80. The molecule has 1 aromatic carbocycles. The van der Waals surface area contributed by atoms with Crippen molar-refractivity contribution in [2.45, 2.75) is 45.7 Å². The van der Waals surface area contributed by atoms with Crippen molar-refractivity contribution in [1.82, 2.24) is 14.5 Å². The monoisotopic (exact) mass is 357 g/mol. The van der Waals surface area contributed by atoms with Gasteiger partial charge in [0.2, 0.25) is 5.91 Å². The first-order valence-corrected chi connectivity index (χ1v) is 8.85. The van der Waals surface area contributed by atoms with Crippen LogP contribution in [0.25, 0.3) is 10.9 Å². The second-order valence-electron chi connectivity index (χ2n) is 6.97. The summed E-state index contributed by atoms with van der Waals surface area (Å²) in [7, 11) is 0. The number of piperidine rings is 1. The van der Waals surface area contributed by atoms with Crippen LogP contribution in [0.5, 0.6) is 0 Å². The van der Waals surface area contributed by atoms with E-state index in [0.29, 0.717) is 23.7 Å². The van der Waals surface area contributed by atoms with E-state index >= 15 is 0 Å². The molecule has 7 nitrogen and oxygen atoms in total. The molecule has 3 rings (SSSR count). The standard InChI is InChI=1S/C19H23N3O4/c1-12-4-3-5-15-17(12)20-11-21(18(15)24)9-8-16(23)22-10-14(19(25)26)7-6-13(22)2/h3-5,11,13-14H,6-10H2,1-2H3,(H,25,26). The van der Waals surface area contributed by atoms with Crippen molar-refractivity contribution < 1.29 is 14.7 Å². The lowest BCUT2D eigenvalue weighted by atomic mass is 9.93. The van der Waals surface area contributed by atoms with Gasteiger partial charge in [-0.3, -0.25) is 19.0 Å². The molecule has 1 saturated heterocycles. The highest BCUT2D eigenvalue weighted by Crippen LogP contribution is 2.23. The zero-order valence-electron chi connectivity index (χ0n) is 15.0. The van der Waals surface area contributed by atoms with Gasteiger partial charge in [0, 0.05) is 25.6 Å². The fraction of sp³-hybridized carbons (Fsp3) is 0.474. The van der Waals surface area contributed by atoms with Crippen LogP contribution in [-0.2, 0) is 16.1 Å². The molecular weight excluding hydrogens is 334 g/mol. The summed E-state index contributed by atoms with van der Waals surface area (Å²) in [5, 5.41) is 9.74. The molecule has 0 aliphatic carbocycles. The summed E-state index contributed by atoms with van der Waals surface area (Å²) < 4.78 is 1.45. The third kappa shape index (κ3) is 3.47. The summed E-state index contributed by atoms with van der Waals surface area (Å²) in [6.07, 6.45) is 2.90. The van der Waals surface area contributed by atoms with Crippen molar-refractivity contribution in [3.05, 3.63) is 40.4 Å². The second-order valence-corrected chi connectivity index (χ2v) is 6.97. The van der Waals surface area contributed by atoms with Crippen molar-refractivity contribution in [2.24, 2.45) is 5.92 Å². The van der Waals surface area contributed by atoms with Crippen LogP contribution in [0, 0.1) is 12.8 Å². The van der Waals surface area contributed by atoms with Gasteiger partial charge < -0.3 is 10.0 Å². The molecule has 1 fully saturated rings. The molecule has 0 radical (unpaired) electrons. The number of para-hydroxylation sites is 1. The first kappa shape index (κ1) is 18.1. The smallest absolute Gasteiger partial charge is 0.308 e. The average molecular weight is 357 g/mol. The van der Waals surface area contributed by atoms with E-state index in [1.54, 1.807) is 11.0 Å². The number of hydrogen-bond donors (Lipinski definition) is 1. The van der Waals surface area contributed by atoms with Crippen molar-refractivity contribution >= 4 is 22.8 Å². The molecular formula is C19H23N3O4. The summed E-state index contributed by atoms with van der Waals surface area (Å²) >= 11 is 0. The zero-order valence-corrected chi connectivity index (χ0v) is 15.0. The molecule has 0 bridgehead atoms. The number of fused-ring (bicyclic) bond motifs is 1. The topological polar surface area (TPSA) is 92.5 Å².